The molecule has 38 heavy (non-hydrogen) atoms. The summed E-state index contributed by atoms with van der Waals surface area (Å²) in [5.41, 5.74) is 0. The number of carbonyl (C=O) groups is 1. The number of rotatable bonds is 28. The predicted octanol–water partition coefficient (Wildman–Crippen LogP) is -0.0609. The lowest BCUT2D eigenvalue weighted by atomic mass is 10.0. The number of nitrogens with zero attached hydrogens (tertiary/aromatic N) is 1. The van der Waals surface area contributed by atoms with Gasteiger partial charge in [-0.05, 0) is 26.4 Å². The molecule has 1 aliphatic heterocycles. The van der Waals surface area contributed by atoms with E-state index in [4.69, 9.17) is 37.9 Å². The smallest absolute Gasteiger partial charge is 0.237 e. The van der Waals surface area contributed by atoms with Crippen LogP contribution in [0.4, 0.5) is 0 Å². The van der Waals surface area contributed by atoms with Crippen LogP contribution in [0.2, 0.25) is 0 Å². The second-order valence-electron chi connectivity index (χ2n) is 8.72. The minimum atomic E-state index is -0.0212. The summed E-state index contributed by atoms with van der Waals surface area (Å²) in [4.78, 5) is 14.8. The second kappa shape index (κ2) is 27.6. The monoisotopic (exact) mass is 551 g/mol. The lowest BCUT2D eigenvalue weighted by molar-refractivity contribution is -0.127. The summed E-state index contributed by atoms with van der Waals surface area (Å²) in [6, 6.07) is -0.0212. The summed E-state index contributed by atoms with van der Waals surface area (Å²) < 4.78 is 43.0. The maximum atomic E-state index is 12.5. The van der Waals surface area contributed by atoms with E-state index in [0.29, 0.717) is 106 Å². The normalized spacial score (nSPS) is 16.2. The summed E-state index contributed by atoms with van der Waals surface area (Å²) in [5, 5.41) is 6.16. The van der Waals surface area contributed by atoms with Crippen molar-refractivity contribution in [1.82, 2.24) is 15.5 Å². The van der Waals surface area contributed by atoms with Gasteiger partial charge in [-0.2, -0.15) is 0 Å². The maximum absolute atomic E-state index is 12.5. The largest absolute Gasteiger partial charge is 0.382 e. The number of hydrogen-bond donors (Lipinski definition) is 2. The lowest BCUT2D eigenvalue weighted by Gasteiger charge is -2.34. The standard InChI is InChI=1S/C26H53N3O9/c1-27-6-9-29-8-4-3-5-25(29)26(30)28-7-10-32-13-14-34-17-18-36-21-22-38-24-23-37-20-19-35-16-15-33-12-11-31-2/h25,27H,3-24H2,1-2H3,(H,28,30). The van der Waals surface area contributed by atoms with Gasteiger partial charge in [-0.1, -0.05) is 6.42 Å². The third-order valence-corrected chi connectivity index (χ3v) is 5.77. The molecule has 1 unspecified atom stereocenters. The van der Waals surface area contributed by atoms with E-state index in [9.17, 15) is 4.79 Å². The molecule has 0 saturated carbocycles. The van der Waals surface area contributed by atoms with Gasteiger partial charge in [0.2, 0.25) is 5.91 Å². The molecule has 1 heterocycles. The Kier molecular flexibility index (Phi) is 25.5. The van der Waals surface area contributed by atoms with E-state index in [-0.39, 0.29) is 11.9 Å². The molecule has 1 rings (SSSR count). The van der Waals surface area contributed by atoms with Gasteiger partial charge in [-0.25, -0.2) is 0 Å². The number of piperidine rings is 1. The molecular formula is C26H53N3O9. The summed E-state index contributed by atoms with van der Waals surface area (Å²) in [6.45, 7) is 11.2. The number of likely N-dealkylation sites (N-methyl/N-ethyl adjacent to an activating group) is 1. The molecular weight excluding hydrogens is 498 g/mol. The van der Waals surface area contributed by atoms with Gasteiger partial charge in [0.1, 0.15) is 0 Å². The Balaban J connectivity index is 1.75. The van der Waals surface area contributed by atoms with Gasteiger partial charge in [0.15, 0.2) is 0 Å². The molecule has 1 amide bonds. The fourth-order valence-electron chi connectivity index (χ4n) is 3.74. The van der Waals surface area contributed by atoms with Crippen molar-refractivity contribution >= 4 is 5.91 Å². The molecule has 1 fully saturated rings. The number of nitrogens with one attached hydrogen (secondary N) is 2. The van der Waals surface area contributed by atoms with Crippen LogP contribution in [0.5, 0.6) is 0 Å². The van der Waals surface area contributed by atoms with Gasteiger partial charge in [0, 0.05) is 26.7 Å². The van der Waals surface area contributed by atoms with Gasteiger partial charge in [-0.15, -0.1) is 0 Å². The number of ether oxygens (including phenoxy) is 8. The van der Waals surface area contributed by atoms with Crippen molar-refractivity contribution in [2.24, 2.45) is 0 Å². The van der Waals surface area contributed by atoms with Crippen LogP contribution in [0.1, 0.15) is 19.3 Å². The van der Waals surface area contributed by atoms with Crippen molar-refractivity contribution in [3.8, 4) is 0 Å². The van der Waals surface area contributed by atoms with E-state index in [1.807, 2.05) is 7.05 Å². The summed E-state index contributed by atoms with van der Waals surface area (Å²) in [7, 11) is 3.58. The zero-order valence-corrected chi connectivity index (χ0v) is 23.8. The highest BCUT2D eigenvalue weighted by atomic mass is 16.6. The molecule has 1 aliphatic rings. The first kappa shape index (κ1) is 35.1. The maximum Gasteiger partial charge on any atom is 0.237 e. The molecule has 12 heteroatoms. The SMILES string of the molecule is CNCCN1CCCCC1C(=O)NCCOCCOCCOCCOCCOCCOCCOCCOC. The van der Waals surface area contributed by atoms with E-state index in [1.165, 1.54) is 0 Å². The zero-order chi connectivity index (χ0) is 27.4. The van der Waals surface area contributed by atoms with E-state index >= 15 is 0 Å². The first-order valence-electron chi connectivity index (χ1n) is 14.0. The van der Waals surface area contributed by atoms with E-state index in [2.05, 4.69) is 15.5 Å². The second-order valence-corrected chi connectivity index (χ2v) is 8.72. The highest BCUT2D eigenvalue weighted by molar-refractivity contribution is 5.81. The van der Waals surface area contributed by atoms with E-state index in [0.717, 1.165) is 38.9 Å². The Bertz CT molecular complexity index is 520. The highest BCUT2D eigenvalue weighted by Crippen LogP contribution is 2.16. The van der Waals surface area contributed by atoms with Crippen LogP contribution < -0.4 is 10.6 Å². The average Bonchev–Trinajstić information content (AvgIpc) is 2.94. The molecule has 226 valence electrons. The van der Waals surface area contributed by atoms with Gasteiger partial charge in [0.05, 0.1) is 105 Å². The van der Waals surface area contributed by atoms with Crippen molar-refractivity contribution < 1.29 is 42.7 Å². The molecule has 0 radical (unpaired) electrons. The Morgan fingerprint density at radius 1 is 0.658 bits per heavy atom. The minimum Gasteiger partial charge on any atom is -0.382 e. The average molecular weight is 552 g/mol. The summed E-state index contributed by atoms with van der Waals surface area (Å²) in [5.74, 6) is 0.107. The molecule has 12 nitrogen and oxygen atoms in total. The summed E-state index contributed by atoms with van der Waals surface area (Å²) in [6.07, 6.45) is 3.20. The number of likely N-dealkylation sites (tertiary alicyclic amines) is 1. The molecule has 0 aliphatic carbocycles. The molecule has 0 aromatic heterocycles. The Labute approximate surface area is 229 Å². The van der Waals surface area contributed by atoms with Crippen molar-refractivity contribution in [3.05, 3.63) is 0 Å². The molecule has 0 spiro atoms. The summed E-state index contributed by atoms with van der Waals surface area (Å²) >= 11 is 0. The fraction of sp³-hybridized carbons (Fsp3) is 0.962. The fourth-order valence-corrected chi connectivity index (χ4v) is 3.74. The number of carbonyl (C=O) groups excluding carboxylic acids is 1. The number of hydrogen-bond acceptors (Lipinski definition) is 11. The van der Waals surface area contributed by atoms with Crippen molar-refractivity contribution in [1.29, 1.82) is 0 Å². The van der Waals surface area contributed by atoms with Crippen LogP contribution in [0.3, 0.4) is 0 Å². The van der Waals surface area contributed by atoms with Crippen LogP contribution >= 0.6 is 0 Å². The molecule has 1 saturated heterocycles. The van der Waals surface area contributed by atoms with Crippen LogP contribution in [0, 0.1) is 0 Å². The first-order valence-corrected chi connectivity index (χ1v) is 14.0. The Morgan fingerprint density at radius 3 is 1.55 bits per heavy atom. The Hall–Kier alpha value is -0.930. The first-order chi connectivity index (χ1) is 18.8. The van der Waals surface area contributed by atoms with E-state index < -0.39 is 0 Å². The molecule has 0 aromatic carbocycles. The highest BCUT2D eigenvalue weighted by Gasteiger charge is 2.27. The van der Waals surface area contributed by atoms with Crippen molar-refractivity contribution in [2.45, 2.75) is 25.3 Å². The molecule has 2 N–H and O–H groups in total. The molecule has 0 bridgehead atoms. The van der Waals surface area contributed by atoms with Gasteiger partial charge in [-0.3, -0.25) is 9.69 Å². The van der Waals surface area contributed by atoms with Crippen molar-refractivity contribution in [2.75, 3.05) is 139 Å². The predicted molar refractivity (Wildman–Crippen MR) is 144 cm³/mol. The van der Waals surface area contributed by atoms with Crippen LogP contribution in [-0.2, 0) is 42.7 Å². The molecule has 0 aromatic rings. The quantitative estimate of drug-likeness (QED) is 0.127. The lowest BCUT2D eigenvalue weighted by Crippen LogP contribution is -2.51. The van der Waals surface area contributed by atoms with Crippen molar-refractivity contribution in [3.63, 3.8) is 0 Å². The van der Waals surface area contributed by atoms with E-state index in [1.54, 1.807) is 7.11 Å². The van der Waals surface area contributed by atoms with Gasteiger partial charge < -0.3 is 48.5 Å². The van der Waals surface area contributed by atoms with Crippen LogP contribution in [0.25, 0.3) is 0 Å². The third-order valence-electron chi connectivity index (χ3n) is 5.77. The minimum absolute atomic E-state index is 0.0212. The zero-order valence-electron chi connectivity index (χ0n) is 23.8. The number of amides is 1. The third kappa shape index (κ3) is 21.0. The molecule has 1 atom stereocenters. The van der Waals surface area contributed by atoms with Crippen LogP contribution in [0.15, 0.2) is 0 Å². The Morgan fingerprint density at radius 2 is 1.11 bits per heavy atom. The van der Waals surface area contributed by atoms with Crippen LogP contribution in [-0.4, -0.2) is 156 Å². The number of methoxy groups -OCH3 is 1. The topological polar surface area (TPSA) is 118 Å². The van der Waals surface area contributed by atoms with Gasteiger partial charge in [0.25, 0.3) is 0 Å². The van der Waals surface area contributed by atoms with Gasteiger partial charge >= 0.3 is 0 Å².